The molecular weight excluding hydrogens is 585 g/mol. The molecule has 1 fully saturated rings. The predicted octanol–water partition coefficient (Wildman–Crippen LogP) is 4.11. The molecule has 3 aliphatic heterocycles. The number of nitrogens with zero attached hydrogens (tertiary/aromatic N) is 4. The zero-order valence-corrected chi connectivity index (χ0v) is 21.2. The second-order valence-corrected chi connectivity index (χ2v) is 10.1. The summed E-state index contributed by atoms with van der Waals surface area (Å²) < 4.78 is 11.9. The van der Waals surface area contributed by atoms with Crippen LogP contribution in [0.5, 0.6) is 11.5 Å². The van der Waals surface area contributed by atoms with E-state index in [-0.39, 0.29) is 18.3 Å². The van der Waals surface area contributed by atoms with Crippen molar-refractivity contribution in [3.63, 3.8) is 0 Å². The van der Waals surface area contributed by atoms with Gasteiger partial charge in [0.1, 0.15) is 21.5 Å². The van der Waals surface area contributed by atoms with Crippen LogP contribution in [0.3, 0.4) is 0 Å². The van der Waals surface area contributed by atoms with Crippen LogP contribution >= 0.6 is 33.9 Å². The van der Waals surface area contributed by atoms with Crippen molar-refractivity contribution in [1.82, 2.24) is 9.88 Å². The van der Waals surface area contributed by atoms with Crippen molar-refractivity contribution in [2.75, 3.05) is 30.1 Å². The number of amides is 3. The van der Waals surface area contributed by atoms with Crippen molar-refractivity contribution in [3.8, 4) is 17.6 Å². The molecule has 2 N–H and O–H groups in total. The molecule has 0 atom stereocenters. The number of nitrogens with one attached hydrogen (secondary N) is 1. The van der Waals surface area contributed by atoms with Crippen molar-refractivity contribution in [1.29, 1.82) is 5.26 Å². The Morgan fingerprint density at radius 1 is 1.31 bits per heavy atom. The average Bonchev–Trinajstić information content (AvgIpc) is 3.49. The molecule has 0 saturated carbocycles. The Labute approximate surface area is 217 Å². The number of alkyl halides is 1. The van der Waals surface area contributed by atoms with Gasteiger partial charge in [0, 0.05) is 23.7 Å². The molecule has 178 valence electrons. The Kier molecular flexibility index (Phi) is 5.42. The molecule has 12 heteroatoms. The number of hydrogen-bond acceptors (Lipinski definition) is 8. The maximum atomic E-state index is 13.7. The van der Waals surface area contributed by atoms with Gasteiger partial charge in [-0.3, -0.25) is 9.69 Å². The normalized spacial score (nSPS) is 17.0. The monoisotopic (exact) mass is 603 g/mol. The number of benzene rings is 1. The lowest BCUT2D eigenvalue weighted by Gasteiger charge is -2.32. The number of carbonyl (C=O) groups is 2. The second kappa shape index (κ2) is 8.51. The van der Waals surface area contributed by atoms with Crippen molar-refractivity contribution in [3.05, 3.63) is 34.3 Å². The van der Waals surface area contributed by atoms with Gasteiger partial charge in [-0.2, -0.15) is 5.26 Å². The zero-order chi connectivity index (χ0) is 24.3. The number of aromatic nitrogens is 1. The number of piperidine rings is 1. The summed E-state index contributed by atoms with van der Waals surface area (Å²) in [5.74, 6) is 0.730. The van der Waals surface area contributed by atoms with E-state index in [1.54, 1.807) is 11.0 Å². The highest BCUT2D eigenvalue weighted by Gasteiger charge is 2.39. The smallest absolute Gasteiger partial charge is 0.331 e. The van der Waals surface area contributed by atoms with Crippen LogP contribution in [0, 0.1) is 11.3 Å². The zero-order valence-electron chi connectivity index (χ0n) is 18.2. The molecule has 1 saturated heterocycles. The van der Waals surface area contributed by atoms with Gasteiger partial charge in [-0.15, -0.1) is 11.3 Å². The summed E-state index contributed by atoms with van der Waals surface area (Å²) in [5, 5.41) is 23.2. The van der Waals surface area contributed by atoms with E-state index < -0.39 is 12.1 Å². The molecule has 0 aliphatic carbocycles. The van der Waals surface area contributed by atoms with Gasteiger partial charge in [0.2, 0.25) is 6.79 Å². The molecule has 2 aromatic heterocycles. The third-order valence-electron chi connectivity index (χ3n) is 6.38. The number of halogens is 1. The molecule has 0 radical (unpaired) electrons. The molecule has 0 bridgehead atoms. The van der Waals surface area contributed by atoms with Crippen molar-refractivity contribution in [2.24, 2.45) is 0 Å². The molecule has 1 aromatic carbocycles. The SMILES string of the molecule is N#Cc1cnc2sc(C(=O)N3CCC(O)CC3)c3c2c1N(c1c(CI)ccc2c1OCO2)C(=O)N3. The van der Waals surface area contributed by atoms with Gasteiger partial charge in [-0.05, 0) is 24.5 Å². The molecule has 35 heavy (non-hydrogen) atoms. The van der Waals surface area contributed by atoms with E-state index in [1.807, 2.05) is 6.07 Å². The fourth-order valence-electron chi connectivity index (χ4n) is 4.67. The Morgan fingerprint density at radius 3 is 2.86 bits per heavy atom. The number of ether oxygens (including phenoxy) is 2. The topological polar surface area (TPSA) is 128 Å². The molecule has 10 nitrogen and oxygen atoms in total. The summed E-state index contributed by atoms with van der Waals surface area (Å²) in [5.41, 5.74) is 2.28. The van der Waals surface area contributed by atoms with Gasteiger partial charge >= 0.3 is 6.03 Å². The van der Waals surface area contributed by atoms with Crippen LogP contribution in [-0.4, -0.2) is 52.9 Å². The highest BCUT2D eigenvalue weighted by atomic mass is 127. The van der Waals surface area contributed by atoms with Gasteiger partial charge in [0.25, 0.3) is 5.91 Å². The number of pyridine rings is 1. The first-order valence-corrected chi connectivity index (χ1v) is 13.3. The Balaban J connectivity index is 1.56. The molecule has 0 spiro atoms. The fraction of sp³-hybridized carbons (Fsp3) is 0.304. The fourth-order valence-corrected chi connectivity index (χ4v) is 6.36. The van der Waals surface area contributed by atoms with Crippen LogP contribution in [0.1, 0.15) is 33.6 Å². The lowest BCUT2D eigenvalue weighted by atomic mass is 10.0. The van der Waals surface area contributed by atoms with E-state index in [0.717, 1.165) is 5.56 Å². The maximum Gasteiger partial charge on any atom is 0.331 e. The largest absolute Gasteiger partial charge is 0.454 e. The summed E-state index contributed by atoms with van der Waals surface area (Å²) in [7, 11) is 0. The van der Waals surface area contributed by atoms with Crippen molar-refractivity contribution >= 4 is 73.1 Å². The first-order valence-electron chi connectivity index (χ1n) is 10.9. The third kappa shape index (κ3) is 3.40. The number of anilines is 3. The number of thiophene rings is 1. The molecule has 6 rings (SSSR count). The number of rotatable bonds is 3. The van der Waals surface area contributed by atoms with E-state index in [2.05, 4.69) is 39.0 Å². The number of nitriles is 1. The summed E-state index contributed by atoms with van der Waals surface area (Å²) >= 11 is 3.40. The number of aliphatic hydroxyl groups is 1. The minimum atomic E-state index is -0.502. The number of aliphatic hydroxyl groups excluding tert-OH is 1. The number of fused-ring (bicyclic) bond motifs is 1. The molecule has 5 heterocycles. The van der Waals surface area contributed by atoms with E-state index in [4.69, 9.17) is 9.47 Å². The minimum Gasteiger partial charge on any atom is -0.454 e. The highest BCUT2D eigenvalue weighted by molar-refractivity contribution is 14.1. The summed E-state index contributed by atoms with van der Waals surface area (Å²) in [6, 6.07) is 5.33. The van der Waals surface area contributed by atoms with Gasteiger partial charge in [0.15, 0.2) is 11.5 Å². The Hall–Kier alpha value is -3.15. The van der Waals surface area contributed by atoms with Crippen molar-refractivity contribution in [2.45, 2.75) is 23.4 Å². The number of carbonyl (C=O) groups excluding carboxylic acids is 2. The Morgan fingerprint density at radius 2 is 2.11 bits per heavy atom. The van der Waals surface area contributed by atoms with E-state index in [1.165, 1.54) is 22.4 Å². The van der Waals surface area contributed by atoms with Crippen molar-refractivity contribution < 1.29 is 24.2 Å². The average molecular weight is 603 g/mol. The lowest BCUT2D eigenvalue weighted by Crippen LogP contribution is -2.40. The first-order chi connectivity index (χ1) is 17.0. The van der Waals surface area contributed by atoms with Gasteiger partial charge in [-0.25, -0.2) is 9.78 Å². The Bertz CT molecular complexity index is 1440. The standard InChI is InChI=1S/C23H18IN5O5S/c24-7-11-1-2-14-19(34-10-33-14)18(11)29-17-12(8-25)9-26-21-15(17)16(27-23(29)32)20(35-21)22(31)28-5-3-13(30)4-6-28/h1-2,9,13,30H,3-7,10H2,(H,27,32). The summed E-state index contributed by atoms with van der Waals surface area (Å²) in [6.07, 6.45) is 2.04. The lowest BCUT2D eigenvalue weighted by molar-refractivity contribution is 0.0551. The highest BCUT2D eigenvalue weighted by Crippen LogP contribution is 2.52. The van der Waals surface area contributed by atoms with Gasteiger partial charge in [-0.1, -0.05) is 28.7 Å². The van der Waals surface area contributed by atoms with Crippen LogP contribution in [-0.2, 0) is 4.43 Å². The van der Waals surface area contributed by atoms with Gasteiger partial charge in [0.05, 0.1) is 28.4 Å². The first kappa shape index (κ1) is 22.3. The maximum absolute atomic E-state index is 13.7. The third-order valence-corrected chi connectivity index (χ3v) is 8.29. The van der Waals surface area contributed by atoms with Crippen LogP contribution in [0.15, 0.2) is 18.3 Å². The van der Waals surface area contributed by atoms with E-state index in [9.17, 15) is 20.0 Å². The summed E-state index contributed by atoms with van der Waals surface area (Å²) in [6.45, 7) is 0.903. The van der Waals surface area contributed by atoms with Crippen LogP contribution in [0.2, 0.25) is 0 Å². The minimum absolute atomic E-state index is 0.0340. The molecule has 3 aromatic rings. The second-order valence-electron chi connectivity index (χ2n) is 8.35. The number of hydrogen-bond donors (Lipinski definition) is 2. The van der Waals surface area contributed by atoms with E-state index in [0.29, 0.717) is 74.0 Å². The van der Waals surface area contributed by atoms with E-state index >= 15 is 0 Å². The van der Waals surface area contributed by atoms with Crippen LogP contribution < -0.4 is 19.7 Å². The van der Waals surface area contributed by atoms with Crippen LogP contribution in [0.25, 0.3) is 10.2 Å². The number of likely N-dealkylation sites (tertiary alicyclic amines) is 1. The molecular formula is C23H18IN5O5S. The quantitative estimate of drug-likeness (QED) is 0.341. The predicted molar refractivity (Wildman–Crippen MR) is 137 cm³/mol. The molecule has 3 amide bonds. The van der Waals surface area contributed by atoms with Gasteiger partial charge < -0.3 is 24.8 Å². The molecule has 3 aliphatic rings. The van der Waals surface area contributed by atoms with Crippen LogP contribution in [0.4, 0.5) is 21.9 Å². The molecule has 0 unspecified atom stereocenters. The number of urea groups is 1. The summed E-state index contributed by atoms with van der Waals surface area (Å²) in [4.78, 5) is 35.5.